The van der Waals surface area contributed by atoms with Crippen LogP contribution in [-0.2, 0) is 0 Å². The van der Waals surface area contributed by atoms with Crippen molar-refractivity contribution in [1.82, 2.24) is 5.32 Å². The average Bonchev–Trinajstić information content (AvgIpc) is 3.34. The minimum Gasteiger partial charge on any atom is -0.454 e. The largest absolute Gasteiger partial charge is 0.454 e. The highest BCUT2D eigenvalue weighted by Crippen LogP contribution is 2.33. The predicted octanol–water partition coefficient (Wildman–Crippen LogP) is 4.06. The van der Waals surface area contributed by atoms with E-state index >= 15 is 0 Å². The Kier molecular flexibility index (Phi) is 3.77. The van der Waals surface area contributed by atoms with Crippen LogP contribution < -0.4 is 14.8 Å². The lowest BCUT2D eigenvalue weighted by molar-refractivity contribution is 0.0943. The van der Waals surface area contributed by atoms with E-state index in [1.807, 2.05) is 29.0 Å². The van der Waals surface area contributed by atoms with Gasteiger partial charge in [-0.1, -0.05) is 6.07 Å². The maximum atomic E-state index is 12.6. The molecule has 1 atom stereocenters. The molecule has 4 nitrogen and oxygen atoms in total. The van der Waals surface area contributed by atoms with Gasteiger partial charge in [-0.25, -0.2) is 0 Å². The van der Waals surface area contributed by atoms with Crippen molar-refractivity contribution in [2.45, 2.75) is 6.04 Å². The number of ether oxygens (including phenoxy) is 2. The molecular weight excluding hydrogens is 330 g/mol. The molecule has 1 amide bonds. The molecule has 3 heterocycles. The molecule has 23 heavy (non-hydrogen) atoms. The lowest BCUT2D eigenvalue weighted by Crippen LogP contribution is -2.28. The topological polar surface area (TPSA) is 47.6 Å². The van der Waals surface area contributed by atoms with Crippen LogP contribution in [0.25, 0.3) is 0 Å². The molecule has 0 fully saturated rings. The fourth-order valence-corrected chi connectivity index (χ4v) is 3.95. The summed E-state index contributed by atoms with van der Waals surface area (Å²) in [5.41, 5.74) is 1.65. The number of carbonyl (C=O) groups excluding carboxylic acids is 1. The van der Waals surface area contributed by atoms with Gasteiger partial charge in [0.25, 0.3) is 5.91 Å². The second-order valence-corrected chi connectivity index (χ2v) is 6.81. The third kappa shape index (κ3) is 2.83. The molecule has 0 aliphatic carbocycles. The number of thiophene rings is 2. The third-order valence-electron chi connectivity index (χ3n) is 3.61. The van der Waals surface area contributed by atoms with Gasteiger partial charge in [-0.05, 0) is 52.0 Å². The zero-order chi connectivity index (χ0) is 15.6. The lowest BCUT2D eigenvalue weighted by Gasteiger charge is -2.16. The van der Waals surface area contributed by atoms with Gasteiger partial charge < -0.3 is 14.8 Å². The molecule has 116 valence electrons. The van der Waals surface area contributed by atoms with Gasteiger partial charge in [0.05, 0.1) is 6.04 Å². The Hall–Kier alpha value is -2.31. The molecule has 0 spiro atoms. The lowest BCUT2D eigenvalue weighted by atomic mass is 10.1. The van der Waals surface area contributed by atoms with Gasteiger partial charge in [-0.15, -0.1) is 11.3 Å². The Balaban J connectivity index is 1.60. The molecule has 1 aromatic carbocycles. The van der Waals surface area contributed by atoms with E-state index in [2.05, 4.69) is 10.7 Å². The zero-order valence-corrected chi connectivity index (χ0v) is 13.7. The highest BCUT2D eigenvalue weighted by atomic mass is 32.1. The van der Waals surface area contributed by atoms with Crippen LogP contribution in [0.3, 0.4) is 0 Å². The number of carbonyl (C=O) groups is 1. The van der Waals surface area contributed by atoms with Crippen molar-refractivity contribution in [1.29, 1.82) is 0 Å². The minimum absolute atomic E-state index is 0.132. The molecule has 1 unspecified atom stereocenters. The molecule has 2 aromatic heterocycles. The Morgan fingerprint density at radius 3 is 2.83 bits per heavy atom. The minimum atomic E-state index is -0.140. The van der Waals surface area contributed by atoms with Gasteiger partial charge in [-0.3, -0.25) is 4.79 Å². The van der Waals surface area contributed by atoms with Gasteiger partial charge in [-0.2, -0.15) is 11.3 Å². The Morgan fingerprint density at radius 1 is 1.13 bits per heavy atom. The van der Waals surface area contributed by atoms with Crippen LogP contribution in [0, 0.1) is 0 Å². The first-order chi connectivity index (χ1) is 11.3. The predicted molar refractivity (Wildman–Crippen MR) is 90.5 cm³/mol. The number of fused-ring (bicyclic) bond motifs is 1. The number of hydrogen-bond acceptors (Lipinski definition) is 5. The highest BCUT2D eigenvalue weighted by Gasteiger charge is 2.21. The van der Waals surface area contributed by atoms with Crippen LogP contribution in [0.15, 0.2) is 52.5 Å². The summed E-state index contributed by atoms with van der Waals surface area (Å²) in [7, 11) is 0. The summed E-state index contributed by atoms with van der Waals surface area (Å²) in [6.07, 6.45) is 0. The molecule has 0 bridgehead atoms. The Morgan fingerprint density at radius 2 is 2.04 bits per heavy atom. The van der Waals surface area contributed by atoms with Crippen LogP contribution in [-0.4, -0.2) is 12.7 Å². The monoisotopic (exact) mass is 343 g/mol. The van der Waals surface area contributed by atoms with Crippen molar-refractivity contribution in [2.75, 3.05) is 6.79 Å². The van der Waals surface area contributed by atoms with E-state index in [-0.39, 0.29) is 18.7 Å². The van der Waals surface area contributed by atoms with Crippen molar-refractivity contribution in [3.05, 3.63) is 68.5 Å². The molecule has 0 saturated heterocycles. The third-order valence-corrected chi connectivity index (χ3v) is 5.25. The first kappa shape index (κ1) is 14.3. The fourth-order valence-electron chi connectivity index (χ4n) is 2.47. The first-order valence-electron chi connectivity index (χ1n) is 7.07. The summed E-state index contributed by atoms with van der Waals surface area (Å²) in [4.78, 5) is 13.8. The highest BCUT2D eigenvalue weighted by molar-refractivity contribution is 7.10. The Bertz CT molecular complexity index is 778. The van der Waals surface area contributed by atoms with E-state index in [0.717, 1.165) is 10.4 Å². The molecule has 6 heteroatoms. The first-order valence-corrected chi connectivity index (χ1v) is 8.89. The molecule has 4 rings (SSSR count). The van der Waals surface area contributed by atoms with Crippen molar-refractivity contribution in [3.63, 3.8) is 0 Å². The van der Waals surface area contributed by atoms with Crippen molar-refractivity contribution >= 4 is 28.6 Å². The summed E-state index contributed by atoms with van der Waals surface area (Å²) in [6.45, 7) is 0.202. The SMILES string of the molecule is O=C(NC(c1ccsc1)c1cccs1)c1ccc2c(c1)OCO2. The van der Waals surface area contributed by atoms with Crippen molar-refractivity contribution in [2.24, 2.45) is 0 Å². The summed E-state index contributed by atoms with van der Waals surface area (Å²) in [5.74, 6) is 1.16. The van der Waals surface area contributed by atoms with Crippen molar-refractivity contribution < 1.29 is 14.3 Å². The van der Waals surface area contributed by atoms with Crippen LogP contribution in [0.1, 0.15) is 26.8 Å². The molecule has 0 saturated carbocycles. The van der Waals surface area contributed by atoms with E-state index in [0.29, 0.717) is 17.1 Å². The van der Waals surface area contributed by atoms with Crippen LogP contribution in [0.2, 0.25) is 0 Å². The number of nitrogens with one attached hydrogen (secondary N) is 1. The fraction of sp³-hybridized carbons (Fsp3) is 0.118. The molecule has 0 radical (unpaired) electrons. The quantitative estimate of drug-likeness (QED) is 0.777. The van der Waals surface area contributed by atoms with E-state index < -0.39 is 0 Å². The Labute approximate surface area is 141 Å². The number of amides is 1. The van der Waals surface area contributed by atoms with Crippen LogP contribution in [0.5, 0.6) is 11.5 Å². The summed E-state index contributed by atoms with van der Waals surface area (Å²) >= 11 is 3.25. The molecule has 1 N–H and O–H groups in total. The maximum Gasteiger partial charge on any atom is 0.252 e. The second-order valence-electron chi connectivity index (χ2n) is 5.05. The summed E-state index contributed by atoms with van der Waals surface area (Å²) in [6, 6.07) is 11.2. The van der Waals surface area contributed by atoms with Gasteiger partial charge in [0.2, 0.25) is 6.79 Å². The van der Waals surface area contributed by atoms with Gasteiger partial charge in [0.15, 0.2) is 11.5 Å². The summed E-state index contributed by atoms with van der Waals surface area (Å²) in [5, 5.41) is 9.20. The molecule has 1 aliphatic rings. The van der Waals surface area contributed by atoms with E-state index in [4.69, 9.17) is 9.47 Å². The van der Waals surface area contributed by atoms with Gasteiger partial charge in [0.1, 0.15) is 0 Å². The van der Waals surface area contributed by atoms with E-state index in [1.54, 1.807) is 40.9 Å². The van der Waals surface area contributed by atoms with Gasteiger partial charge in [0, 0.05) is 10.4 Å². The summed E-state index contributed by atoms with van der Waals surface area (Å²) < 4.78 is 10.6. The normalized spacial score (nSPS) is 13.7. The second kappa shape index (κ2) is 6.06. The molecular formula is C17H13NO3S2. The number of rotatable bonds is 4. The average molecular weight is 343 g/mol. The van der Waals surface area contributed by atoms with E-state index in [9.17, 15) is 4.79 Å². The number of hydrogen-bond donors (Lipinski definition) is 1. The van der Waals surface area contributed by atoms with Gasteiger partial charge >= 0.3 is 0 Å². The van der Waals surface area contributed by atoms with Crippen LogP contribution >= 0.6 is 22.7 Å². The molecule has 1 aliphatic heterocycles. The standard InChI is InChI=1S/C17H13NO3S2/c19-17(11-3-4-13-14(8-11)21-10-20-13)18-16(12-5-7-22-9-12)15-2-1-6-23-15/h1-9,16H,10H2,(H,18,19). The maximum absolute atomic E-state index is 12.6. The number of benzene rings is 1. The smallest absolute Gasteiger partial charge is 0.252 e. The molecule has 3 aromatic rings. The van der Waals surface area contributed by atoms with Crippen LogP contribution in [0.4, 0.5) is 0 Å². The van der Waals surface area contributed by atoms with E-state index in [1.165, 1.54) is 0 Å². The van der Waals surface area contributed by atoms with Crippen molar-refractivity contribution in [3.8, 4) is 11.5 Å². The zero-order valence-electron chi connectivity index (χ0n) is 12.0.